The van der Waals surface area contributed by atoms with Crippen LogP contribution in [-0.2, 0) is 5.54 Å². The summed E-state index contributed by atoms with van der Waals surface area (Å²) in [7, 11) is 0. The smallest absolute Gasteiger partial charge is 0.261 e. The highest BCUT2D eigenvalue weighted by molar-refractivity contribution is 5.73. The van der Waals surface area contributed by atoms with Gasteiger partial charge in [0.15, 0.2) is 5.82 Å². The van der Waals surface area contributed by atoms with Gasteiger partial charge in [-0.2, -0.15) is 10.1 Å². The van der Waals surface area contributed by atoms with Crippen LogP contribution in [0, 0.1) is 0 Å². The van der Waals surface area contributed by atoms with E-state index in [1.807, 2.05) is 0 Å². The molecule has 2 N–H and O–H groups in total. The van der Waals surface area contributed by atoms with Crippen molar-refractivity contribution < 1.29 is 4.52 Å². The molecule has 1 aliphatic rings. The lowest BCUT2D eigenvalue weighted by Gasteiger charge is -2.17. The Bertz CT molecular complexity index is 755. The second-order valence-electron chi connectivity index (χ2n) is 5.25. The zero-order chi connectivity index (χ0) is 13.6. The molecular formula is C13H14N6O. The molecule has 0 spiro atoms. The number of hydrogen-bond acceptors (Lipinski definition) is 6. The molecule has 0 atom stereocenters. The number of hydrogen-bond donors (Lipinski definition) is 1. The van der Waals surface area contributed by atoms with Crippen LogP contribution in [0.15, 0.2) is 29.3 Å². The average Bonchev–Trinajstić information content (AvgIpc) is 3.16. The van der Waals surface area contributed by atoms with Crippen LogP contribution in [-0.4, -0.2) is 24.7 Å². The quantitative estimate of drug-likeness (QED) is 0.758. The van der Waals surface area contributed by atoms with Gasteiger partial charge in [-0.05, 0) is 12.8 Å². The Morgan fingerprint density at radius 3 is 2.95 bits per heavy atom. The van der Waals surface area contributed by atoms with E-state index in [4.69, 9.17) is 10.3 Å². The van der Waals surface area contributed by atoms with Gasteiger partial charge < -0.3 is 10.3 Å². The molecule has 3 aromatic heterocycles. The standard InChI is InChI=1S/C13H14N6O/c14-13(3-1-2-4-13)12-17-11(20-18-12)9-7-16-19-6-5-15-8-10(9)19/h5-8H,1-4,14H2. The molecular weight excluding hydrogens is 256 g/mol. The number of fused-ring (bicyclic) bond motifs is 1. The fourth-order valence-electron chi connectivity index (χ4n) is 2.76. The molecule has 102 valence electrons. The Labute approximate surface area is 114 Å². The Kier molecular flexibility index (Phi) is 2.37. The largest absolute Gasteiger partial charge is 0.334 e. The van der Waals surface area contributed by atoms with E-state index in [2.05, 4.69) is 20.2 Å². The molecule has 3 heterocycles. The van der Waals surface area contributed by atoms with Crippen LogP contribution in [0.5, 0.6) is 0 Å². The molecule has 0 unspecified atom stereocenters. The van der Waals surface area contributed by atoms with Crippen LogP contribution in [0.3, 0.4) is 0 Å². The van der Waals surface area contributed by atoms with E-state index in [9.17, 15) is 0 Å². The Morgan fingerprint density at radius 2 is 2.10 bits per heavy atom. The zero-order valence-electron chi connectivity index (χ0n) is 10.9. The van der Waals surface area contributed by atoms with E-state index in [0.717, 1.165) is 36.8 Å². The summed E-state index contributed by atoms with van der Waals surface area (Å²) >= 11 is 0. The minimum Gasteiger partial charge on any atom is -0.334 e. The fourth-order valence-corrected chi connectivity index (χ4v) is 2.76. The molecule has 7 nitrogen and oxygen atoms in total. The van der Waals surface area contributed by atoms with Gasteiger partial charge in [0, 0.05) is 12.4 Å². The lowest BCUT2D eigenvalue weighted by atomic mass is 9.99. The first-order chi connectivity index (χ1) is 9.76. The highest BCUT2D eigenvalue weighted by atomic mass is 16.5. The summed E-state index contributed by atoms with van der Waals surface area (Å²) < 4.78 is 7.09. The third kappa shape index (κ3) is 1.63. The summed E-state index contributed by atoms with van der Waals surface area (Å²) in [5.74, 6) is 1.04. The van der Waals surface area contributed by atoms with E-state index in [1.165, 1.54) is 0 Å². The first-order valence-electron chi connectivity index (χ1n) is 6.67. The molecule has 20 heavy (non-hydrogen) atoms. The molecule has 0 radical (unpaired) electrons. The minimum absolute atomic E-state index is 0.442. The fraction of sp³-hybridized carbons (Fsp3) is 0.385. The van der Waals surface area contributed by atoms with Gasteiger partial charge in [-0.3, -0.25) is 4.98 Å². The number of nitrogens with two attached hydrogens (primary N) is 1. The number of nitrogens with zero attached hydrogens (tertiary/aromatic N) is 5. The van der Waals surface area contributed by atoms with Crippen molar-refractivity contribution in [2.24, 2.45) is 5.73 Å². The second kappa shape index (κ2) is 4.11. The predicted octanol–water partition coefficient (Wildman–Crippen LogP) is 1.51. The summed E-state index contributed by atoms with van der Waals surface area (Å²) in [6.45, 7) is 0. The third-order valence-electron chi connectivity index (χ3n) is 3.92. The van der Waals surface area contributed by atoms with Crippen molar-refractivity contribution in [2.45, 2.75) is 31.2 Å². The highest BCUT2D eigenvalue weighted by Gasteiger charge is 2.36. The normalized spacial score (nSPS) is 17.9. The van der Waals surface area contributed by atoms with Gasteiger partial charge in [0.25, 0.3) is 5.89 Å². The lowest BCUT2D eigenvalue weighted by molar-refractivity contribution is 0.373. The molecule has 0 aromatic carbocycles. The SMILES string of the molecule is NC1(c2noc(-c3cnn4ccncc34)n2)CCCC1. The van der Waals surface area contributed by atoms with Crippen LogP contribution >= 0.6 is 0 Å². The van der Waals surface area contributed by atoms with E-state index in [0.29, 0.717) is 11.7 Å². The first-order valence-corrected chi connectivity index (χ1v) is 6.67. The van der Waals surface area contributed by atoms with E-state index >= 15 is 0 Å². The minimum atomic E-state index is -0.442. The predicted molar refractivity (Wildman–Crippen MR) is 70.6 cm³/mol. The highest BCUT2D eigenvalue weighted by Crippen LogP contribution is 2.35. The number of rotatable bonds is 2. The monoisotopic (exact) mass is 270 g/mol. The molecule has 0 bridgehead atoms. The molecule has 0 saturated heterocycles. The van der Waals surface area contributed by atoms with Crippen molar-refractivity contribution in [3.8, 4) is 11.5 Å². The number of aromatic nitrogens is 5. The van der Waals surface area contributed by atoms with Gasteiger partial charge in [0.1, 0.15) is 0 Å². The van der Waals surface area contributed by atoms with Crippen molar-refractivity contribution in [3.63, 3.8) is 0 Å². The van der Waals surface area contributed by atoms with Crippen molar-refractivity contribution in [3.05, 3.63) is 30.6 Å². The van der Waals surface area contributed by atoms with Gasteiger partial charge in [-0.1, -0.05) is 18.0 Å². The molecule has 4 rings (SSSR count). The molecule has 3 aromatic rings. The molecule has 0 amide bonds. The van der Waals surface area contributed by atoms with Crippen LogP contribution in [0.25, 0.3) is 17.0 Å². The average molecular weight is 270 g/mol. The zero-order valence-corrected chi connectivity index (χ0v) is 10.9. The molecule has 1 saturated carbocycles. The summed E-state index contributed by atoms with van der Waals surface area (Å²) in [6.07, 6.45) is 10.9. The Balaban J connectivity index is 1.78. The maximum absolute atomic E-state index is 6.34. The van der Waals surface area contributed by atoms with Gasteiger partial charge in [-0.15, -0.1) is 0 Å². The summed E-state index contributed by atoms with van der Waals surface area (Å²) in [4.78, 5) is 8.57. The van der Waals surface area contributed by atoms with Gasteiger partial charge in [0.2, 0.25) is 0 Å². The molecule has 7 heteroatoms. The molecule has 1 fully saturated rings. The van der Waals surface area contributed by atoms with Gasteiger partial charge >= 0.3 is 0 Å². The summed E-state index contributed by atoms with van der Waals surface area (Å²) in [5, 5.41) is 8.30. The summed E-state index contributed by atoms with van der Waals surface area (Å²) in [5.41, 5.74) is 7.51. The summed E-state index contributed by atoms with van der Waals surface area (Å²) in [6, 6.07) is 0. The Morgan fingerprint density at radius 1 is 1.25 bits per heavy atom. The van der Waals surface area contributed by atoms with Gasteiger partial charge in [-0.25, -0.2) is 4.52 Å². The van der Waals surface area contributed by atoms with Crippen molar-refractivity contribution in [1.29, 1.82) is 0 Å². The van der Waals surface area contributed by atoms with Crippen LogP contribution in [0.2, 0.25) is 0 Å². The van der Waals surface area contributed by atoms with Gasteiger partial charge in [0.05, 0.1) is 29.0 Å². The van der Waals surface area contributed by atoms with Crippen LogP contribution < -0.4 is 5.73 Å². The lowest BCUT2D eigenvalue weighted by Crippen LogP contribution is -2.34. The maximum atomic E-state index is 6.34. The van der Waals surface area contributed by atoms with Crippen molar-refractivity contribution in [2.75, 3.05) is 0 Å². The van der Waals surface area contributed by atoms with E-state index in [1.54, 1.807) is 29.3 Å². The second-order valence-corrected chi connectivity index (χ2v) is 5.25. The van der Waals surface area contributed by atoms with Crippen molar-refractivity contribution >= 4 is 5.52 Å². The Hall–Kier alpha value is -2.28. The van der Waals surface area contributed by atoms with Crippen molar-refractivity contribution in [1.82, 2.24) is 24.7 Å². The molecule has 1 aliphatic carbocycles. The van der Waals surface area contributed by atoms with Crippen LogP contribution in [0.1, 0.15) is 31.5 Å². The molecule has 0 aliphatic heterocycles. The van der Waals surface area contributed by atoms with E-state index in [-0.39, 0.29) is 0 Å². The third-order valence-corrected chi connectivity index (χ3v) is 3.92. The first kappa shape index (κ1) is 11.5. The van der Waals surface area contributed by atoms with E-state index < -0.39 is 5.54 Å². The topological polar surface area (TPSA) is 95.1 Å². The maximum Gasteiger partial charge on any atom is 0.261 e. The van der Waals surface area contributed by atoms with Crippen LogP contribution in [0.4, 0.5) is 0 Å².